The van der Waals surface area contributed by atoms with E-state index in [0.717, 1.165) is 5.56 Å². The van der Waals surface area contributed by atoms with Gasteiger partial charge in [0.25, 0.3) is 11.5 Å². The van der Waals surface area contributed by atoms with Gasteiger partial charge in [-0.1, -0.05) is 30.3 Å². The van der Waals surface area contributed by atoms with E-state index in [1.54, 1.807) is 13.0 Å². The van der Waals surface area contributed by atoms with Gasteiger partial charge in [-0.2, -0.15) is 8.78 Å². The maximum Gasteiger partial charge on any atom is 0.387 e. The number of hydrogen-bond donors (Lipinski definition) is 2. The van der Waals surface area contributed by atoms with E-state index in [1.807, 2.05) is 30.3 Å². The number of amides is 1. The molecule has 0 fully saturated rings. The second-order valence-corrected chi connectivity index (χ2v) is 6.76. The Morgan fingerprint density at radius 1 is 1.23 bits per heavy atom. The van der Waals surface area contributed by atoms with E-state index in [0.29, 0.717) is 17.7 Å². The van der Waals surface area contributed by atoms with Crippen LogP contribution in [-0.4, -0.2) is 22.5 Å². The van der Waals surface area contributed by atoms with Crippen LogP contribution in [0.5, 0.6) is 5.75 Å². The lowest BCUT2D eigenvalue weighted by Crippen LogP contribution is -2.16. The molecule has 2 aromatic carbocycles. The van der Waals surface area contributed by atoms with Crippen molar-refractivity contribution in [3.05, 3.63) is 87.7 Å². The number of carbonyl (C=O) groups is 1. The minimum atomic E-state index is -2.98. The molecule has 0 aliphatic heterocycles. The number of hydrogen-bond acceptors (Lipinski definition) is 5. The highest BCUT2D eigenvalue weighted by Crippen LogP contribution is 2.28. The maximum absolute atomic E-state index is 12.9. The number of halogens is 2. The first kappa shape index (κ1) is 20.3. The van der Waals surface area contributed by atoms with Crippen LogP contribution in [0.1, 0.15) is 27.2 Å². The summed E-state index contributed by atoms with van der Waals surface area (Å²) in [6, 6.07) is 13.6. The summed E-state index contributed by atoms with van der Waals surface area (Å²) in [6.45, 7) is -1.43. The molecule has 2 aromatic heterocycles. The third-order valence-electron chi connectivity index (χ3n) is 4.67. The van der Waals surface area contributed by atoms with Crippen LogP contribution in [-0.2, 0) is 6.42 Å². The number of carbonyl (C=O) groups excluding carboxylic acids is 1. The number of benzene rings is 2. The average molecular weight is 425 g/mol. The van der Waals surface area contributed by atoms with Crippen molar-refractivity contribution in [3.8, 4) is 5.75 Å². The topological polar surface area (TPSA) is 97.2 Å². The molecule has 1 amide bonds. The van der Waals surface area contributed by atoms with Gasteiger partial charge in [0.05, 0.1) is 11.9 Å². The van der Waals surface area contributed by atoms with Crippen molar-refractivity contribution < 1.29 is 22.7 Å². The summed E-state index contributed by atoms with van der Waals surface area (Å²) in [5.74, 6) is -0.329. The van der Waals surface area contributed by atoms with Gasteiger partial charge in [-0.3, -0.25) is 9.59 Å². The number of aryl methyl sites for hydroxylation is 1. The fourth-order valence-corrected chi connectivity index (χ4v) is 3.34. The Kier molecular flexibility index (Phi) is 5.48. The smallest absolute Gasteiger partial charge is 0.387 e. The Morgan fingerprint density at radius 2 is 2.00 bits per heavy atom. The molecular formula is C22H17F2N3O4. The number of alkyl halides is 2. The normalized spacial score (nSPS) is 11.1. The van der Waals surface area contributed by atoms with Crippen LogP contribution >= 0.6 is 0 Å². The third kappa shape index (κ3) is 4.30. The quantitative estimate of drug-likeness (QED) is 0.481. The number of nitrogens with zero attached hydrogens (tertiary/aromatic N) is 1. The summed E-state index contributed by atoms with van der Waals surface area (Å²) in [5.41, 5.74) is 1.32. The molecule has 2 N–H and O–H groups in total. The lowest BCUT2D eigenvalue weighted by molar-refractivity contribution is -0.0503. The van der Waals surface area contributed by atoms with Crippen LogP contribution in [0.15, 0.2) is 64.1 Å². The summed E-state index contributed by atoms with van der Waals surface area (Å²) in [5, 5.41) is 2.73. The van der Waals surface area contributed by atoms with Crippen LogP contribution in [0.3, 0.4) is 0 Å². The zero-order chi connectivity index (χ0) is 22.0. The van der Waals surface area contributed by atoms with Gasteiger partial charge in [0.2, 0.25) is 5.71 Å². The summed E-state index contributed by atoms with van der Waals surface area (Å²) >= 11 is 0. The number of aromatic amines is 1. The van der Waals surface area contributed by atoms with Gasteiger partial charge in [-0.05, 0) is 30.7 Å². The number of H-pyrrole nitrogens is 1. The van der Waals surface area contributed by atoms with Gasteiger partial charge in [-0.25, -0.2) is 4.98 Å². The van der Waals surface area contributed by atoms with E-state index in [2.05, 4.69) is 20.0 Å². The molecule has 4 rings (SSSR count). The number of rotatable bonds is 6. The van der Waals surface area contributed by atoms with Crippen molar-refractivity contribution in [1.82, 2.24) is 9.97 Å². The minimum Gasteiger partial charge on any atom is -0.442 e. The second-order valence-electron chi connectivity index (χ2n) is 6.76. The van der Waals surface area contributed by atoms with Crippen molar-refractivity contribution in [1.29, 1.82) is 0 Å². The first-order chi connectivity index (χ1) is 14.9. The predicted molar refractivity (Wildman–Crippen MR) is 110 cm³/mol. The Labute approximate surface area is 174 Å². The van der Waals surface area contributed by atoms with E-state index in [-0.39, 0.29) is 28.2 Å². The third-order valence-corrected chi connectivity index (χ3v) is 4.67. The van der Waals surface area contributed by atoms with Gasteiger partial charge < -0.3 is 19.5 Å². The highest BCUT2D eigenvalue weighted by molar-refractivity contribution is 6.12. The first-order valence-corrected chi connectivity index (χ1v) is 9.32. The van der Waals surface area contributed by atoms with Crippen molar-refractivity contribution in [2.45, 2.75) is 20.0 Å². The van der Waals surface area contributed by atoms with Crippen LogP contribution in [0.2, 0.25) is 0 Å². The largest absolute Gasteiger partial charge is 0.442 e. The standard InChI is InChI=1S/C22H17F2N3O4/c1-12-17(18-19(28)25-11-26-21(18)30-12)20(29)27-15-7-8-16(31-22(23)24)14(10-15)9-13-5-3-2-4-6-13/h2-8,10-11,22H,9H2,1H3,(H,27,29)(H,25,26,28). The van der Waals surface area contributed by atoms with Crippen molar-refractivity contribution in [2.24, 2.45) is 0 Å². The molecule has 0 bridgehead atoms. The summed E-state index contributed by atoms with van der Waals surface area (Å²) in [7, 11) is 0. The molecule has 0 spiro atoms. The number of fused-ring (bicyclic) bond motifs is 1. The number of furan rings is 1. The van der Waals surface area contributed by atoms with Crippen molar-refractivity contribution in [3.63, 3.8) is 0 Å². The zero-order valence-electron chi connectivity index (χ0n) is 16.3. The fraction of sp³-hybridized carbons (Fsp3) is 0.136. The predicted octanol–water partition coefficient (Wildman–Crippen LogP) is 4.27. The van der Waals surface area contributed by atoms with Crippen LogP contribution in [0.4, 0.5) is 14.5 Å². The molecule has 0 unspecified atom stereocenters. The number of anilines is 1. The van der Waals surface area contributed by atoms with Crippen molar-refractivity contribution in [2.75, 3.05) is 5.32 Å². The molecule has 7 nitrogen and oxygen atoms in total. The molecule has 2 heterocycles. The van der Waals surface area contributed by atoms with E-state index < -0.39 is 18.1 Å². The lowest BCUT2D eigenvalue weighted by atomic mass is 10.0. The molecule has 0 radical (unpaired) electrons. The van der Waals surface area contributed by atoms with Gasteiger partial charge in [0.1, 0.15) is 16.9 Å². The van der Waals surface area contributed by atoms with Crippen molar-refractivity contribution >= 4 is 22.7 Å². The maximum atomic E-state index is 12.9. The van der Waals surface area contributed by atoms with Gasteiger partial charge in [-0.15, -0.1) is 0 Å². The minimum absolute atomic E-state index is 0.0161. The Balaban J connectivity index is 1.67. The molecule has 4 aromatic rings. The fourth-order valence-electron chi connectivity index (χ4n) is 3.34. The highest BCUT2D eigenvalue weighted by Gasteiger charge is 2.22. The average Bonchev–Trinajstić information content (AvgIpc) is 3.08. The zero-order valence-corrected chi connectivity index (χ0v) is 16.3. The Morgan fingerprint density at radius 3 is 2.74 bits per heavy atom. The summed E-state index contributed by atoms with van der Waals surface area (Å²) in [6.07, 6.45) is 1.51. The SMILES string of the molecule is Cc1oc2nc[nH]c(=O)c2c1C(=O)Nc1ccc(OC(F)F)c(Cc2ccccc2)c1. The summed E-state index contributed by atoms with van der Waals surface area (Å²) < 4.78 is 35.7. The molecule has 0 saturated heterocycles. The number of nitrogens with one attached hydrogen (secondary N) is 2. The van der Waals surface area contributed by atoms with Crippen LogP contribution in [0, 0.1) is 6.92 Å². The van der Waals surface area contributed by atoms with E-state index in [9.17, 15) is 18.4 Å². The summed E-state index contributed by atoms with van der Waals surface area (Å²) in [4.78, 5) is 31.4. The first-order valence-electron chi connectivity index (χ1n) is 9.32. The van der Waals surface area contributed by atoms with Crippen LogP contribution in [0.25, 0.3) is 11.1 Å². The van der Waals surface area contributed by atoms with Crippen LogP contribution < -0.4 is 15.6 Å². The Bertz CT molecular complexity index is 1300. The molecular weight excluding hydrogens is 408 g/mol. The molecule has 0 aliphatic rings. The molecule has 0 saturated carbocycles. The number of aromatic nitrogens is 2. The highest BCUT2D eigenvalue weighted by atomic mass is 19.3. The molecule has 9 heteroatoms. The van der Waals surface area contributed by atoms with Gasteiger partial charge >= 0.3 is 6.61 Å². The molecule has 0 atom stereocenters. The molecule has 0 aliphatic carbocycles. The van der Waals surface area contributed by atoms with Gasteiger partial charge in [0, 0.05) is 17.7 Å². The van der Waals surface area contributed by atoms with E-state index in [1.165, 1.54) is 18.5 Å². The van der Waals surface area contributed by atoms with E-state index >= 15 is 0 Å². The van der Waals surface area contributed by atoms with E-state index in [4.69, 9.17) is 4.42 Å². The Hall–Kier alpha value is -4.01. The molecule has 158 valence electrons. The van der Waals surface area contributed by atoms with Gasteiger partial charge in [0.15, 0.2) is 0 Å². The number of ether oxygens (including phenoxy) is 1. The lowest BCUT2D eigenvalue weighted by Gasteiger charge is -2.13. The second kappa shape index (κ2) is 8.39. The monoisotopic (exact) mass is 425 g/mol. The molecule has 31 heavy (non-hydrogen) atoms.